The monoisotopic (exact) mass is 331 g/mol. The van der Waals surface area contributed by atoms with Crippen molar-refractivity contribution < 1.29 is 9.15 Å². The number of aromatic nitrogens is 1. The first-order valence-electron chi connectivity index (χ1n) is 6.38. The van der Waals surface area contributed by atoms with E-state index in [0.717, 1.165) is 33.1 Å². The zero-order chi connectivity index (χ0) is 13.9. The molecule has 3 aromatic rings. The Hall–Kier alpha value is -1.81. The van der Waals surface area contributed by atoms with Gasteiger partial charge in [-0.1, -0.05) is 46.3 Å². The van der Waals surface area contributed by atoms with E-state index < -0.39 is 0 Å². The molecule has 3 rings (SSSR count). The van der Waals surface area contributed by atoms with Crippen molar-refractivity contribution in [2.45, 2.75) is 18.9 Å². The lowest BCUT2D eigenvalue weighted by Gasteiger charge is -2.01. The summed E-state index contributed by atoms with van der Waals surface area (Å²) in [6.45, 7) is 2.43. The first-order valence-corrected chi connectivity index (χ1v) is 7.51. The topological polar surface area (TPSA) is 35.3 Å². The molecule has 0 atom stereocenters. The Labute approximate surface area is 125 Å². The molecule has 0 unspecified atom stereocenters. The first-order chi connectivity index (χ1) is 9.78. The number of hydrogen-bond acceptors (Lipinski definition) is 3. The van der Waals surface area contributed by atoms with Crippen LogP contribution in [0.2, 0.25) is 0 Å². The van der Waals surface area contributed by atoms with Gasteiger partial charge in [-0.05, 0) is 18.1 Å². The third-order valence-electron chi connectivity index (χ3n) is 3.17. The normalized spacial score (nSPS) is 10.9. The maximum atomic E-state index is 5.76. The van der Waals surface area contributed by atoms with Crippen LogP contribution in [0.1, 0.15) is 16.8 Å². The maximum Gasteiger partial charge on any atom is 0.285 e. The van der Waals surface area contributed by atoms with Crippen molar-refractivity contribution in [1.29, 1.82) is 0 Å². The number of hydrogen-bond donors (Lipinski definition) is 0. The lowest BCUT2D eigenvalue weighted by atomic mass is 10.2. The van der Waals surface area contributed by atoms with Crippen LogP contribution < -0.4 is 4.74 Å². The Morgan fingerprint density at radius 2 is 2.05 bits per heavy atom. The fourth-order valence-corrected chi connectivity index (χ4v) is 2.53. The van der Waals surface area contributed by atoms with Gasteiger partial charge in [0.25, 0.3) is 5.95 Å². The molecule has 0 radical (unpaired) electrons. The van der Waals surface area contributed by atoms with Gasteiger partial charge in [0.1, 0.15) is 6.61 Å². The van der Waals surface area contributed by atoms with Gasteiger partial charge < -0.3 is 9.15 Å². The summed E-state index contributed by atoms with van der Waals surface area (Å²) in [5, 5.41) is 1.80. The van der Waals surface area contributed by atoms with Crippen molar-refractivity contribution in [3.63, 3.8) is 0 Å². The molecule has 3 nitrogen and oxygen atoms in total. The fraction of sp³-hybridized carbons (Fsp3) is 0.188. The second-order valence-electron chi connectivity index (χ2n) is 4.58. The molecule has 0 aliphatic carbocycles. The highest BCUT2D eigenvalue weighted by molar-refractivity contribution is 9.08. The van der Waals surface area contributed by atoms with Crippen LogP contribution in [0.4, 0.5) is 0 Å². The lowest BCUT2D eigenvalue weighted by molar-refractivity contribution is 0.239. The molecule has 20 heavy (non-hydrogen) atoms. The summed E-state index contributed by atoms with van der Waals surface area (Å²) in [5.41, 5.74) is 3.89. The minimum atomic E-state index is 0.497. The van der Waals surface area contributed by atoms with E-state index >= 15 is 0 Å². The summed E-state index contributed by atoms with van der Waals surface area (Å²) in [7, 11) is 0. The molecular weight excluding hydrogens is 318 g/mol. The molecule has 0 fully saturated rings. The second kappa shape index (κ2) is 5.67. The van der Waals surface area contributed by atoms with E-state index in [4.69, 9.17) is 9.15 Å². The Morgan fingerprint density at radius 1 is 1.25 bits per heavy atom. The van der Waals surface area contributed by atoms with Gasteiger partial charge in [-0.2, -0.15) is 0 Å². The number of nitrogens with zero attached hydrogens (tertiary/aromatic N) is 1. The van der Waals surface area contributed by atoms with Crippen molar-refractivity contribution in [2.75, 3.05) is 0 Å². The van der Waals surface area contributed by atoms with Gasteiger partial charge >= 0.3 is 0 Å². The number of fused-ring (bicyclic) bond motifs is 1. The van der Waals surface area contributed by atoms with E-state index in [1.165, 1.54) is 0 Å². The summed E-state index contributed by atoms with van der Waals surface area (Å²) in [6, 6.07) is 12.0. The maximum absolute atomic E-state index is 5.76. The van der Waals surface area contributed by atoms with Gasteiger partial charge in [-0.3, -0.25) is 4.98 Å². The van der Waals surface area contributed by atoms with Crippen molar-refractivity contribution in [2.24, 2.45) is 0 Å². The van der Waals surface area contributed by atoms with Gasteiger partial charge in [0.05, 0.1) is 5.69 Å². The van der Waals surface area contributed by atoms with Gasteiger partial charge in [0.15, 0.2) is 5.58 Å². The van der Waals surface area contributed by atoms with E-state index in [0.29, 0.717) is 12.6 Å². The SMILES string of the molecule is Cc1ncc(CBr)c2cc(OCc3ccccc3)oc12. The third-order valence-corrected chi connectivity index (χ3v) is 3.77. The molecule has 4 heteroatoms. The number of halogens is 1. The van der Waals surface area contributed by atoms with Crippen LogP contribution in [0.5, 0.6) is 5.95 Å². The zero-order valence-electron chi connectivity index (χ0n) is 11.1. The Balaban J connectivity index is 1.88. The molecular formula is C16H14BrNO2. The minimum Gasteiger partial charge on any atom is -0.460 e. The third kappa shape index (κ3) is 2.56. The molecule has 0 amide bonds. The summed E-state index contributed by atoms with van der Waals surface area (Å²) < 4.78 is 11.5. The van der Waals surface area contributed by atoms with Crippen molar-refractivity contribution in [3.8, 4) is 5.95 Å². The van der Waals surface area contributed by atoms with Crippen molar-refractivity contribution in [1.82, 2.24) is 4.98 Å². The lowest BCUT2D eigenvalue weighted by Crippen LogP contribution is -1.93. The quantitative estimate of drug-likeness (QED) is 0.655. The summed E-state index contributed by atoms with van der Waals surface area (Å²) in [6.07, 6.45) is 1.86. The van der Waals surface area contributed by atoms with Crippen molar-refractivity contribution in [3.05, 3.63) is 59.4 Å². The van der Waals surface area contributed by atoms with Crippen LogP contribution >= 0.6 is 15.9 Å². The molecule has 0 spiro atoms. The predicted molar refractivity (Wildman–Crippen MR) is 82.2 cm³/mol. The van der Waals surface area contributed by atoms with Gasteiger partial charge in [0.2, 0.25) is 0 Å². The first kappa shape index (κ1) is 13.2. The highest BCUT2D eigenvalue weighted by Crippen LogP contribution is 2.30. The average Bonchev–Trinajstić information content (AvgIpc) is 2.92. The van der Waals surface area contributed by atoms with E-state index in [1.54, 1.807) is 0 Å². The molecule has 2 aromatic heterocycles. The summed E-state index contributed by atoms with van der Waals surface area (Å²) in [5.74, 6) is 0.530. The summed E-state index contributed by atoms with van der Waals surface area (Å²) in [4.78, 5) is 4.33. The van der Waals surface area contributed by atoms with Crippen LogP contribution in [-0.2, 0) is 11.9 Å². The standard InChI is InChI=1S/C16H14BrNO2/c1-11-16-14(13(8-17)9-18-11)7-15(20-16)19-10-12-5-3-2-4-6-12/h2-7,9H,8,10H2,1H3. The largest absolute Gasteiger partial charge is 0.460 e. The molecule has 0 saturated carbocycles. The van der Waals surface area contributed by atoms with Gasteiger partial charge in [-0.25, -0.2) is 0 Å². The van der Waals surface area contributed by atoms with E-state index in [1.807, 2.05) is 49.5 Å². The van der Waals surface area contributed by atoms with Crippen LogP contribution in [0.15, 0.2) is 47.0 Å². The van der Waals surface area contributed by atoms with Gasteiger partial charge in [0, 0.05) is 23.0 Å². The van der Waals surface area contributed by atoms with E-state index in [-0.39, 0.29) is 0 Å². The predicted octanol–water partition coefficient (Wildman–Crippen LogP) is 4.61. The number of pyridine rings is 1. The zero-order valence-corrected chi connectivity index (χ0v) is 12.7. The smallest absolute Gasteiger partial charge is 0.285 e. The second-order valence-corrected chi connectivity index (χ2v) is 5.15. The Morgan fingerprint density at radius 3 is 2.80 bits per heavy atom. The molecule has 0 aliphatic heterocycles. The highest BCUT2D eigenvalue weighted by Gasteiger charge is 2.11. The number of benzene rings is 1. The average molecular weight is 332 g/mol. The molecule has 0 bridgehead atoms. The van der Waals surface area contributed by atoms with Crippen LogP contribution in [0.3, 0.4) is 0 Å². The number of furan rings is 1. The number of aryl methyl sites for hydroxylation is 1. The highest BCUT2D eigenvalue weighted by atomic mass is 79.9. The van der Waals surface area contributed by atoms with Crippen LogP contribution in [0.25, 0.3) is 11.0 Å². The number of ether oxygens (including phenoxy) is 1. The van der Waals surface area contributed by atoms with Crippen molar-refractivity contribution >= 4 is 26.9 Å². The molecule has 102 valence electrons. The number of rotatable bonds is 4. The minimum absolute atomic E-state index is 0.497. The fourth-order valence-electron chi connectivity index (χ4n) is 2.08. The van der Waals surface area contributed by atoms with Crippen LogP contribution in [-0.4, -0.2) is 4.98 Å². The molecule has 2 heterocycles. The molecule has 0 aliphatic rings. The van der Waals surface area contributed by atoms with Crippen LogP contribution in [0, 0.1) is 6.92 Å². The van der Waals surface area contributed by atoms with E-state index in [9.17, 15) is 0 Å². The molecule has 0 N–H and O–H groups in total. The van der Waals surface area contributed by atoms with Gasteiger partial charge in [-0.15, -0.1) is 0 Å². The molecule has 1 aromatic carbocycles. The Bertz CT molecular complexity index is 722. The summed E-state index contributed by atoms with van der Waals surface area (Å²) >= 11 is 3.47. The van der Waals surface area contributed by atoms with E-state index in [2.05, 4.69) is 20.9 Å². The molecule has 0 saturated heterocycles. The number of alkyl halides is 1. The Kier molecular flexibility index (Phi) is 3.74.